The lowest BCUT2D eigenvalue weighted by Crippen LogP contribution is -2.57. The van der Waals surface area contributed by atoms with Crippen LogP contribution >= 0.6 is 0 Å². The van der Waals surface area contributed by atoms with E-state index in [2.05, 4.69) is 9.97 Å². The molecule has 3 atom stereocenters. The van der Waals surface area contributed by atoms with Crippen molar-refractivity contribution in [3.63, 3.8) is 0 Å². The number of nitrogens with zero attached hydrogens (tertiary/aromatic N) is 3. The molecular formula is C21H30N4O3. The van der Waals surface area contributed by atoms with Gasteiger partial charge >= 0.3 is 0 Å². The van der Waals surface area contributed by atoms with Gasteiger partial charge in [-0.2, -0.15) is 0 Å². The topological polar surface area (TPSA) is 86.4 Å². The van der Waals surface area contributed by atoms with Gasteiger partial charge in [-0.15, -0.1) is 0 Å². The van der Waals surface area contributed by atoms with Gasteiger partial charge in [0.05, 0.1) is 6.42 Å². The normalized spacial score (nSPS) is 27.1. The molecule has 0 radical (unpaired) electrons. The second kappa shape index (κ2) is 7.68. The first-order valence-corrected chi connectivity index (χ1v) is 10.6. The number of carbonyl (C=O) groups is 2. The Morgan fingerprint density at radius 2 is 1.86 bits per heavy atom. The van der Waals surface area contributed by atoms with Crippen molar-refractivity contribution in [3.05, 3.63) is 27.4 Å². The van der Waals surface area contributed by atoms with Crippen molar-refractivity contribution in [2.45, 2.75) is 52.4 Å². The molecule has 2 saturated heterocycles. The number of hydrogen-bond acceptors (Lipinski definition) is 4. The Morgan fingerprint density at radius 1 is 1.11 bits per heavy atom. The molecule has 0 unspecified atom stereocenters. The first-order chi connectivity index (χ1) is 13.4. The third-order valence-corrected chi connectivity index (χ3v) is 6.89. The summed E-state index contributed by atoms with van der Waals surface area (Å²) >= 11 is 0. The number of amides is 2. The van der Waals surface area contributed by atoms with Gasteiger partial charge < -0.3 is 14.8 Å². The van der Waals surface area contributed by atoms with Gasteiger partial charge in [-0.3, -0.25) is 14.4 Å². The molecule has 7 heteroatoms. The molecule has 28 heavy (non-hydrogen) atoms. The predicted octanol–water partition coefficient (Wildman–Crippen LogP) is 1.43. The van der Waals surface area contributed by atoms with Gasteiger partial charge in [-0.1, -0.05) is 0 Å². The molecule has 0 bridgehead atoms. The summed E-state index contributed by atoms with van der Waals surface area (Å²) in [5.74, 6) is 1.74. The van der Waals surface area contributed by atoms with Crippen molar-refractivity contribution in [2.24, 2.45) is 17.8 Å². The highest BCUT2D eigenvalue weighted by molar-refractivity contribution is 5.81. The van der Waals surface area contributed by atoms with Crippen LogP contribution in [0.25, 0.3) is 0 Å². The standard InChI is InChI=1S/C21H30N4O3/c1-13-16(20(27)23-14(2)22-13)11-19(26)25-9-6-15-10-17(18(15)12-25)21(28)24-7-4-3-5-8-24/h15,17-18H,3-12H2,1-2H3,(H,22,23,27)/t15-,17-,18-/m1/s1. The van der Waals surface area contributed by atoms with Gasteiger partial charge in [0.1, 0.15) is 5.82 Å². The summed E-state index contributed by atoms with van der Waals surface area (Å²) in [5.41, 5.74) is 0.841. The number of nitrogens with one attached hydrogen (secondary N) is 1. The molecule has 1 aromatic rings. The van der Waals surface area contributed by atoms with Crippen LogP contribution in [0.15, 0.2) is 4.79 Å². The van der Waals surface area contributed by atoms with Crippen LogP contribution in [0, 0.1) is 31.6 Å². The van der Waals surface area contributed by atoms with E-state index in [9.17, 15) is 14.4 Å². The summed E-state index contributed by atoms with van der Waals surface area (Å²) in [6.07, 6.45) is 5.45. The average Bonchev–Trinajstić information content (AvgIpc) is 2.66. The molecule has 1 aliphatic carbocycles. The maximum Gasteiger partial charge on any atom is 0.254 e. The van der Waals surface area contributed by atoms with Crippen molar-refractivity contribution in [3.8, 4) is 0 Å². The Morgan fingerprint density at radius 3 is 2.57 bits per heavy atom. The van der Waals surface area contributed by atoms with E-state index in [0.29, 0.717) is 35.5 Å². The van der Waals surface area contributed by atoms with Gasteiger partial charge in [0.25, 0.3) is 5.56 Å². The lowest BCUT2D eigenvalue weighted by atomic mass is 9.61. The quantitative estimate of drug-likeness (QED) is 0.851. The minimum absolute atomic E-state index is 0.0335. The smallest absolute Gasteiger partial charge is 0.254 e. The molecule has 0 spiro atoms. The summed E-state index contributed by atoms with van der Waals surface area (Å²) in [5, 5.41) is 0. The molecular weight excluding hydrogens is 356 g/mol. The van der Waals surface area contributed by atoms with E-state index < -0.39 is 0 Å². The van der Waals surface area contributed by atoms with E-state index in [1.807, 2.05) is 9.80 Å². The zero-order valence-corrected chi connectivity index (χ0v) is 16.9. The van der Waals surface area contributed by atoms with Crippen molar-refractivity contribution in [2.75, 3.05) is 26.2 Å². The van der Waals surface area contributed by atoms with Gasteiger partial charge in [0, 0.05) is 43.4 Å². The second-order valence-electron chi connectivity index (χ2n) is 8.67. The van der Waals surface area contributed by atoms with Crippen LogP contribution in [-0.4, -0.2) is 57.8 Å². The fraction of sp³-hybridized carbons (Fsp3) is 0.714. The minimum atomic E-state index is -0.227. The van der Waals surface area contributed by atoms with Crippen molar-refractivity contribution in [1.82, 2.24) is 19.8 Å². The van der Waals surface area contributed by atoms with E-state index >= 15 is 0 Å². The lowest BCUT2D eigenvalue weighted by Gasteiger charge is -2.51. The molecule has 1 N–H and O–H groups in total. The molecule has 3 aliphatic rings. The van der Waals surface area contributed by atoms with Crippen molar-refractivity contribution >= 4 is 11.8 Å². The Kier molecular flexibility index (Phi) is 5.25. The average molecular weight is 386 g/mol. The van der Waals surface area contributed by atoms with Crippen LogP contribution in [-0.2, 0) is 16.0 Å². The summed E-state index contributed by atoms with van der Waals surface area (Å²) in [6, 6.07) is 0. The zero-order valence-electron chi connectivity index (χ0n) is 16.9. The van der Waals surface area contributed by atoms with Crippen molar-refractivity contribution in [1.29, 1.82) is 0 Å². The molecule has 0 aromatic carbocycles. The summed E-state index contributed by atoms with van der Waals surface area (Å²) < 4.78 is 0. The molecule has 2 amide bonds. The van der Waals surface area contributed by atoms with Gasteiger partial charge in [0.15, 0.2) is 0 Å². The van der Waals surface area contributed by atoms with Crippen molar-refractivity contribution < 1.29 is 9.59 Å². The van der Waals surface area contributed by atoms with Gasteiger partial charge in [-0.25, -0.2) is 4.98 Å². The Labute approximate surface area is 165 Å². The maximum absolute atomic E-state index is 12.9. The summed E-state index contributed by atoms with van der Waals surface area (Å²) in [4.78, 5) is 48.8. The number of rotatable bonds is 3. The van der Waals surface area contributed by atoms with Crippen LogP contribution < -0.4 is 5.56 Å². The molecule has 3 fully saturated rings. The van der Waals surface area contributed by atoms with E-state index in [1.165, 1.54) is 6.42 Å². The van der Waals surface area contributed by atoms with E-state index in [-0.39, 0.29) is 29.7 Å². The van der Waals surface area contributed by atoms with Crippen LogP contribution in [0.2, 0.25) is 0 Å². The maximum atomic E-state index is 12.9. The monoisotopic (exact) mass is 386 g/mol. The first kappa shape index (κ1) is 19.2. The fourth-order valence-electron chi connectivity index (χ4n) is 5.17. The zero-order chi connectivity index (χ0) is 19.8. The molecule has 3 heterocycles. The number of piperidine rings is 2. The van der Waals surface area contributed by atoms with Gasteiger partial charge in [-0.05, 0) is 57.8 Å². The van der Waals surface area contributed by atoms with Crippen LogP contribution in [0.1, 0.15) is 49.2 Å². The molecule has 152 valence electrons. The van der Waals surface area contributed by atoms with E-state index in [1.54, 1.807) is 13.8 Å². The largest absolute Gasteiger partial charge is 0.342 e. The third kappa shape index (κ3) is 3.59. The Bertz CT molecular complexity index is 827. The number of fused-ring (bicyclic) bond motifs is 1. The Hall–Kier alpha value is -2.18. The summed E-state index contributed by atoms with van der Waals surface area (Å²) in [7, 11) is 0. The number of carbonyl (C=O) groups excluding carboxylic acids is 2. The third-order valence-electron chi connectivity index (χ3n) is 6.89. The molecule has 4 rings (SSSR count). The molecule has 7 nitrogen and oxygen atoms in total. The molecule has 1 saturated carbocycles. The Balaban J connectivity index is 1.40. The van der Waals surface area contributed by atoms with Crippen LogP contribution in [0.5, 0.6) is 0 Å². The molecule has 1 aromatic heterocycles. The summed E-state index contributed by atoms with van der Waals surface area (Å²) in [6.45, 7) is 6.65. The number of aryl methyl sites for hydroxylation is 2. The number of aromatic nitrogens is 2. The molecule has 2 aliphatic heterocycles. The lowest BCUT2D eigenvalue weighted by molar-refractivity contribution is -0.153. The highest BCUT2D eigenvalue weighted by atomic mass is 16.2. The second-order valence-corrected chi connectivity index (χ2v) is 8.67. The SMILES string of the molecule is Cc1nc(C)c(CC(=O)N2CC[C@@H]3C[C@@H](C(=O)N4CCCCC4)[C@@H]3C2)c(=O)[nH]1. The minimum Gasteiger partial charge on any atom is -0.342 e. The highest BCUT2D eigenvalue weighted by Crippen LogP contribution is 2.46. The first-order valence-electron chi connectivity index (χ1n) is 10.6. The van der Waals surface area contributed by atoms with Crippen LogP contribution in [0.4, 0.5) is 0 Å². The fourth-order valence-corrected chi connectivity index (χ4v) is 5.17. The van der Waals surface area contributed by atoms with E-state index in [0.717, 1.165) is 45.3 Å². The highest BCUT2D eigenvalue weighted by Gasteiger charge is 2.49. The van der Waals surface area contributed by atoms with Crippen LogP contribution in [0.3, 0.4) is 0 Å². The predicted molar refractivity (Wildman–Crippen MR) is 105 cm³/mol. The number of H-pyrrole nitrogens is 1. The number of aromatic amines is 1. The number of hydrogen-bond donors (Lipinski definition) is 1. The number of likely N-dealkylation sites (tertiary alicyclic amines) is 2. The van der Waals surface area contributed by atoms with Gasteiger partial charge in [0.2, 0.25) is 11.8 Å². The van der Waals surface area contributed by atoms with E-state index in [4.69, 9.17) is 0 Å².